The fourth-order valence-corrected chi connectivity index (χ4v) is 2.83. The van der Waals surface area contributed by atoms with E-state index in [-0.39, 0.29) is 9.92 Å². The number of methoxy groups -OCH3 is 1. The molecule has 0 aliphatic carbocycles. The summed E-state index contributed by atoms with van der Waals surface area (Å²) in [6, 6.07) is 8.93. The molecule has 1 heterocycles. The molecule has 0 spiro atoms. The maximum atomic E-state index is 10.6. The van der Waals surface area contributed by atoms with E-state index in [4.69, 9.17) is 4.74 Å². The number of nitrogens with one attached hydrogen (secondary N) is 1. The first-order chi connectivity index (χ1) is 9.10. The molecule has 0 saturated heterocycles. The van der Waals surface area contributed by atoms with Crippen molar-refractivity contribution < 1.29 is 9.66 Å². The number of nitrogens with zero attached hydrogens (tertiary/aromatic N) is 1. The summed E-state index contributed by atoms with van der Waals surface area (Å²) < 4.78 is 6.00. The first-order valence-corrected chi connectivity index (χ1v) is 7.01. The van der Waals surface area contributed by atoms with Gasteiger partial charge in [0.15, 0.2) is 0 Å². The second-order valence-electron chi connectivity index (χ2n) is 3.70. The molecule has 0 atom stereocenters. The lowest BCUT2D eigenvalue weighted by Gasteiger charge is -2.08. The van der Waals surface area contributed by atoms with Gasteiger partial charge in [0.05, 0.1) is 16.5 Å². The molecule has 0 radical (unpaired) electrons. The van der Waals surface area contributed by atoms with Gasteiger partial charge in [0.2, 0.25) is 0 Å². The summed E-state index contributed by atoms with van der Waals surface area (Å²) in [5, 5.41) is 13.9. The minimum absolute atomic E-state index is 0.160. The summed E-state index contributed by atoms with van der Waals surface area (Å²) in [6.07, 6.45) is 0. The van der Waals surface area contributed by atoms with Crippen LogP contribution in [0.15, 0.2) is 34.8 Å². The molecule has 7 heteroatoms. The van der Waals surface area contributed by atoms with Crippen molar-refractivity contribution in [3.8, 4) is 5.75 Å². The Bertz CT molecular complexity index is 600. The van der Waals surface area contributed by atoms with E-state index in [9.17, 15) is 10.1 Å². The van der Waals surface area contributed by atoms with Crippen LogP contribution in [0.1, 0.15) is 4.88 Å². The molecule has 1 N–H and O–H groups in total. The van der Waals surface area contributed by atoms with Crippen LogP contribution in [0.25, 0.3) is 0 Å². The van der Waals surface area contributed by atoms with Gasteiger partial charge in [0.1, 0.15) is 5.75 Å². The van der Waals surface area contributed by atoms with Crippen molar-refractivity contribution >= 4 is 38.0 Å². The molecule has 2 rings (SSSR count). The second-order valence-corrected chi connectivity index (χ2v) is 5.70. The number of benzene rings is 1. The number of anilines is 1. The Morgan fingerprint density at radius 2 is 2.21 bits per heavy atom. The zero-order valence-electron chi connectivity index (χ0n) is 10.1. The van der Waals surface area contributed by atoms with Gasteiger partial charge in [-0.1, -0.05) is 11.3 Å². The van der Waals surface area contributed by atoms with Crippen molar-refractivity contribution in [2.24, 2.45) is 0 Å². The average Bonchev–Trinajstić information content (AvgIpc) is 2.85. The first kappa shape index (κ1) is 13.8. The van der Waals surface area contributed by atoms with E-state index in [1.807, 2.05) is 18.2 Å². The molecule has 0 aliphatic heterocycles. The van der Waals surface area contributed by atoms with Crippen LogP contribution in [0.2, 0.25) is 0 Å². The maximum absolute atomic E-state index is 10.6. The lowest BCUT2D eigenvalue weighted by Crippen LogP contribution is -1.97. The highest BCUT2D eigenvalue weighted by atomic mass is 79.9. The monoisotopic (exact) mass is 342 g/mol. The van der Waals surface area contributed by atoms with E-state index in [0.717, 1.165) is 20.8 Å². The number of hydrogen-bond acceptors (Lipinski definition) is 5. The van der Waals surface area contributed by atoms with Crippen molar-refractivity contribution in [1.29, 1.82) is 0 Å². The van der Waals surface area contributed by atoms with Crippen LogP contribution >= 0.6 is 27.3 Å². The molecule has 1 aromatic heterocycles. The summed E-state index contributed by atoms with van der Waals surface area (Å²) >= 11 is 4.58. The molecule has 100 valence electrons. The van der Waals surface area contributed by atoms with Crippen LogP contribution in [-0.4, -0.2) is 12.0 Å². The molecule has 0 unspecified atom stereocenters. The second kappa shape index (κ2) is 6.03. The van der Waals surface area contributed by atoms with Crippen molar-refractivity contribution in [3.63, 3.8) is 0 Å². The Kier molecular flexibility index (Phi) is 4.39. The normalized spacial score (nSPS) is 10.2. The van der Waals surface area contributed by atoms with Gasteiger partial charge >= 0.3 is 5.00 Å². The molecule has 0 aliphatic rings. The molecule has 1 aromatic carbocycles. The Balaban J connectivity index is 2.01. The number of thiophene rings is 1. The van der Waals surface area contributed by atoms with Crippen molar-refractivity contribution in [3.05, 3.63) is 49.8 Å². The lowest BCUT2D eigenvalue weighted by molar-refractivity contribution is -0.380. The fourth-order valence-electron chi connectivity index (χ4n) is 1.53. The highest BCUT2D eigenvalue weighted by Crippen LogP contribution is 2.29. The van der Waals surface area contributed by atoms with E-state index in [1.54, 1.807) is 13.2 Å². The maximum Gasteiger partial charge on any atom is 0.324 e. The number of ether oxygens (including phenoxy) is 1. The van der Waals surface area contributed by atoms with Crippen molar-refractivity contribution in [2.75, 3.05) is 12.4 Å². The summed E-state index contributed by atoms with van der Waals surface area (Å²) in [7, 11) is 1.61. The Morgan fingerprint density at radius 3 is 2.79 bits per heavy atom. The molecular formula is C12H11BrN2O3S. The quantitative estimate of drug-likeness (QED) is 0.657. The van der Waals surface area contributed by atoms with Gasteiger partial charge in [-0.25, -0.2) is 0 Å². The Labute approximate surface area is 122 Å². The zero-order valence-corrected chi connectivity index (χ0v) is 12.5. The summed E-state index contributed by atoms with van der Waals surface area (Å²) in [4.78, 5) is 11.1. The third kappa shape index (κ3) is 3.45. The molecule has 0 amide bonds. The van der Waals surface area contributed by atoms with Crippen LogP contribution < -0.4 is 10.1 Å². The highest BCUT2D eigenvalue weighted by molar-refractivity contribution is 9.10. The highest BCUT2D eigenvalue weighted by Gasteiger charge is 2.09. The van der Waals surface area contributed by atoms with Crippen molar-refractivity contribution in [1.82, 2.24) is 0 Å². The van der Waals surface area contributed by atoms with Gasteiger partial charge in [0, 0.05) is 23.2 Å². The molecule has 2 aromatic rings. The Morgan fingerprint density at radius 1 is 1.42 bits per heavy atom. The number of halogens is 1. The van der Waals surface area contributed by atoms with Gasteiger partial charge in [-0.15, -0.1) is 0 Å². The largest absolute Gasteiger partial charge is 0.496 e. The molecule has 5 nitrogen and oxygen atoms in total. The van der Waals surface area contributed by atoms with E-state index in [1.165, 1.54) is 17.4 Å². The predicted octanol–water partition coefficient (Wildman–Crippen LogP) is 4.04. The van der Waals surface area contributed by atoms with Crippen LogP contribution in [0, 0.1) is 10.1 Å². The standard InChI is InChI=1S/C12H11BrN2O3S/c1-18-11-4-2-8(6-10(11)13)14-7-9-3-5-12(19-9)15(16)17/h2-6,14H,7H2,1H3. The summed E-state index contributed by atoms with van der Waals surface area (Å²) in [6.45, 7) is 0.553. The third-order valence-electron chi connectivity index (χ3n) is 2.45. The molecule has 0 saturated carbocycles. The molecule has 19 heavy (non-hydrogen) atoms. The van der Waals surface area contributed by atoms with Gasteiger partial charge < -0.3 is 10.1 Å². The van der Waals surface area contributed by atoms with Gasteiger partial charge in [-0.2, -0.15) is 0 Å². The minimum atomic E-state index is -0.377. The molecule has 0 bridgehead atoms. The number of hydrogen-bond donors (Lipinski definition) is 1. The van der Waals surface area contributed by atoms with E-state index < -0.39 is 0 Å². The smallest absolute Gasteiger partial charge is 0.324 e. The lowest BCUT2D eigenvalue weighted by atomic mass is 10.3. The van der Waals surface area contributed by atoms with Gasteiger partial charge in [-0.05, 0) is 40.2 Å². The SMILES string of the molecule is COc1ccc(NCc2ccc([N+](=O)[O-])s2)cc1Br. The predicted molar refractivity (Wildman–Crippen MR) is 79.0 cm³/mol. The summed E-state index contributed by atoms with van der Waals surface area (Å²) in [5.41, 5.74) is 0.920. The van der Waals surface area contributed by atoms with Crippen LogP contribution in [-0.2, 0) is 6.54 Å². The van der Waals surface area contributed by atoms with Crippen LogP contribution in [0.5, 0.6) is 5.75 Å². The third-order valence-corrected chi connectivity index (χ3v) is 4.10. The Hall–Kier alpha value is -1.60. The zero-order chi connectivity index (χ0) is 13.8. The van der Waals surface area contributed by atoms with E-state index >= 15 is 0 Å². The van der Waals surface area contributed by atoms with Crippen LogP contribution in [0.3, 0.4) is 0 Å². The topological polar surface area (TPSA) is 64.4 Å². The van der Waals surface area contributed by atoms with Gasteiger partial charge in [-0.3, -0.25) is 10.1 Å². The fraction of sp³-hybridized carbons (Fsp3) is 0.167. The van der Waals surface area contributed by atoms with E-state index in [0.29, 0.717) is 6.54 Å². The van der Waals surface area contributed by atoms with Gasteiger partial charge in [0.25, 0.3) is 0 Å². The van der Waals surface area contributed by atoms with E-state index in [2.05, 4.69) is 21.2 Å². The molecule has 0 fully saturated rings. The number of rotatable bonds is 5. The molecular weight excluding hydrogens is 332 g/mol. The minimum Gasteiger partial charge on any atom is -0.496 e. The first-order valence-electron chi connectivity index (χ1n) is 5.40. The van der Waals surface area contributed by atoms with Crippen molar-refractivity contribution in [2.45, 2.75) is 6.54 Å². The summed E-state index contributed by atoms with van der Waals surface area (Å²) in [5.74, 6) is 0.761. The number of nitro groups is 1. The average molecular weight is 343 g/mol. The van der Waals surface area contributed by atoms with Crippen LogP contribution in [0.4, 0.5) is 10.7 Å².